The van der Waals surface area contributed by atoms with Gasteiger partial charge in [-0.15, -0.1) is 11.8 Å². The van der Waals surface area contributed by atoms with Gasteiger partial charge in [0.05, 0.1) is 5.03 Å². The third kappa shape index (κ3) is 2.92. The maximum Gasteiger partial charge on any atom is 0.0964 e. The number of hydrogen-bond donors (Lipinski definition) is 1. The van der Waals surface area contributed by atoms with E-state index in [1.807, 2.05) is 18.0 Å². The Morgan fingerprint density at radius 2 is 2.15 bits per heavy atom. The first-order chi connectivity index (χ1) is 9.78. The zero-order valence-electron chi connectivity index (χ0n) is 11.3. The van der Waals surface area contributed by atoms with Crippen molar-refractivity contribution in [2.75, 3.05) is 6.54 Å². The van der Waals surface area contributed by atoms with Crippen molar-refractivity contribution in [2.45, 2.75) is 29.7 Å². The predicted molar refractivity (Wildman–Crippen MR) is 88.1 cm³/mol. The number of aromatic nitrogens is 1. The van der Waals surface area contributed by atoms with Crippen molar-refractivity contribution >= 4 is 27.7 Å². The van der Waals surface area contributed by atoms with Gasteiger partial charge >= 0.3 is 0 Å². The molecule has 0 bridgehead atoms. The molecule has 0 radical (unpaired) electrons. The standard InChI is InChI=1S/C16H17BrN2S/c1-2-18-16-13-6-4-3-5-11(13)9-14(16)20-15-8-7-12(17)10-19-15/h3-8,10,14,16,18H,2,9H2,1H3. The van der Waals surface area contributed by atoms with Crippen LogP contribution in [0.2, 0.25) is 0 Å². The van der Waals surface area contributed by atoms with Gasteiger partial charge in [0.15, 0.2) is 0 Å². The fourth-order valence-electron chi connectivity index (χ4n) is 2.72. The van der Waals surface area contributed by atoms with Gasteiger partial charge in [-0.1, -0.05) is 31.2 Å². The molecule has 1 aliphatic carbocycles. The highest BCUT2D eigenvalue weighted by molar-refractivity contribution is 9.10. The van der Waals surface area contributed by atoms with E-state index in [2.05, 4.69) is 69.6 Å². The second-order valence-corrected chi connectivity index (χ2v) is 7.08. The van der Waals surface area contributed by atoms with Crippen LogP contribution in [-0.2, 0) is 6.42 Å². The molecule has 4 heteroatoms. The Bertz CT molecular complexity index is 585. The quantitative estimate of drug-likeness (QED) is 0.895. The minimum absolute atomic E-state index is 0.423. The highest BCUT2D eigenvalue weighted by Crippen LogP contribution is 2.40. The van der Waals surface area contributed by atoms with Crippen molar-refractivity contribution < 1.29 is 0 Å². The van der Waals surface area contributed by atoms with Crippen molar-refractivity contribution in [3.8, 4) is 0 Å². The third-order valence-corrected chi connectivity index (χ3v) is 5.27. The highest BCUT2D eigenvalue weighted by atomic mass is 79.9. The van der Waals surface area contributed by atoms with E-state index in [9.17, 15) is 0 Å². The first-order valence-corrected chi connectivity index (χ1v) is 8.54. The summed E-state index contributed by atoms with van der Waals surface area (Å²) >= 11 is 5.30. The largest absolute Gasteiger partial charge is 0.309 e. The van der Waals surface area contributed by atoms with E-state index in [1.165, 1.54) is 11.1 Å². The van der Waals surface area contributed by atoms with Crippen LogP contribution in [0.1, 0.15) is 24.1 Å². The lowest BCUT2D eigenvalue weighted by Crippen LogP contribution is -2.26. The summed E-state index contributed by atoms with van der Waals surface area (Å²) in [6.45, 7) is 3.16. The summed E-state index contributed by atoms with van der Waals surface area (Å²) in [5.41, 5.74) is 2.91. The van der Waals surface area contributed by atoms with Crippen LogP contribution in [0, 0.1) is 0 Å². The average molecular weight is 349 g/mol. The summed E-state index contributed by atoms with van der Waals surface area (Å²) in [6.07, 6.45) is 2.98. The number of benzene rings is 1. The molecule has 1 heterocycles. The van der Waals surface area contributed by atoms with Gasteiger partial charge < -0.3 is 5.32 Å². The molecule has 0 saturated carbocycles. The lowest BCUT2D eigenvalue weighted by molar-refractivity contribution is 0.560. The second kappa shape index (κ2) is 6.29. The zero-order chi connectivity index (χ0) is 13.9. The zero-order valence-corrected chi connectivity index (χ0v) is 13.7. The summed E-state index contributed by atoms with van der Waals surface area (Å²) in [6, 6.07) is 13.3. The Morgan fingerprint density at radius 1 is 1.30 bits per heavy atom. The molecule has 0 aliphatic heterocycles. The number of pyridine rings is 1. The van der Waals surface area contributed by atoms with E-state index in [0.717, 1.165) is 22.5 Å². The Kier molecular flexibility index (Phi) is 4.44. The number of nitrogens with zero attached hydrogens (tertiary/aromatic N) is 1. The average Bonchev–Trinajstić information content (AvgIpc) is 2.80. The fourth-order valence-corrected chi connectivity index (χ4v) is 4.16. The molecule has 1 aromatic heterocycles. The van der Waals surface area contributed by atoms with Crippen molar-refractivity contribution in [3.05, 3.63) is 58.2 Å². The summed E-state index contributed by atoms with van der Waals surface area (Å²) in [7, 11) is 0. The number of hydrogen-bond acceptors (Lipinski definition) is 3. The summed E-state index contributed by atoms with van der Waals surface area (Å²) < 4.78 is 1.03. The van der Waals surface area contributed by atoms with Gasteiger partial charge in [0.25, 0.3) is 0 Å². The molecule has 2 aromatic rings. The molecule has 2 atom stereocenters. The molecule has 2 unspecified atom stereocenters. The van der Waals surface area contributed by atoms with Crippen LogP contribution >= 0.6 is 27.7 Å². The van der Waals surface area contributed by atoms with Crippen LogP contribution in [0.4, 0.5) is 0 Å². The van der Waals surface area contributed by atoms with Crippen LogP contribution in [0.15, 0.2) is 52.1 Å². The number of thioether (sulfide) groups is 1. The smallest absolute Gasteiger partial charge is 0.0964 e. The van der Waals surface area contributed by atoms with Gasteiger partial charge in [-0.05, 0) is 52.2 Å². The van der Waals surface area contributed by atoms with Crippen LogP contribution < -0.4 is 5.32 Å². The SMILES string of the molecule is CCNC1c2ccccc2CC1Sc1ccc(Br)cn1. The normalized spacial score (nSPS) is 20.9. The van der Waals surface area contributed by atoms with Crippen molar-refractivity contribution in [1.82, 2.24) is 10.3 Å². The Morgan fingerprint density at radius 3 is 2.90 bits per heavy atom. The first-order valence-electron chi connectivity index (χ1n) is 6.87. The molecule has 0 spiro atoms. The van der Waals surface area contributed by atoms with Gasteiger partial charge in [0.1, 0.15) is 0 Å². The summed E-state index contributed by atoms with van der Waals surface area (Å²) in [5.74, 6) is 0. The predicted octanol–water partition coefficient (Wildman–Crippen LogP) is 4.21. The lowest BCUT2D eigenvalue weighted by atomic mass is 10.1. The van der Waals surface area contributed by atoms with E-state index < -0.39 is 0 Å². The molecule has 0 amide bonds. The molecule has 2 nitrogen and oxygen atoms in total. The highest BCUT2D eigenvalue weighted by Gasteiger charge is 2.32. The van der Waals surface area contributed by atoms with Crippen molar-refractivity contribution in [2.24, 2.45) is 0 Å². The molecular formula is C16H17BrN2S. The van der Waals surface area contributed by atoms with Gasteiger partial charge in [-0.3, -0.25) is 0 Å². The van der Waals surface area contributed by atoms with Crippen molar-refractivity contribution in [1.29, 1.82) is 0 Å². The molecule has 1 N–H and O–H groups in total. The molecule has 3 rings (SSSR count). The van der Waals surface area contributed by atoms with E-state index >= 15 is 0 Å². The monoisotopic (exact) mass is 348 g/mol. The van der Waals surface area contributed by atoms with E-state index in [0.29, 0.717) is 11.3 Å². The Balaban J connectivity index is 1.81. The molecule has 1 aliphatic rings. The van der Waals surface area contributed by atoms with Gasteiger partial charge in [0, 0.05) is 22.0 Å². The molecule has 20 heavy (non-hydrogen) atoms. The Labute approximate surface area is 132 Å². The van der Waals surface area contributed by atoms with Gasteiger partial charge in [-0.2, -0.15) is 0 Å². The van der Waals surface area contributed by atoms with Crippen LogP contribution in [0.5, 0.6) is 0 Å². The molecule has 0 saturated heterocycles. The minimum atomic E-state index is 0.423. The fraction of sp³-hybridized carbons (Fsp3) is 0.312. The summed E-state index contributed by atoms with van der Waals surface area (Å²) in [5, 5.41) is 5.23. The molecule has 0 fully saturated rings. The Hall–Kier alpha value is -0.840. The minimum Gasteiger partial charge on any atom is -0.309 e. The van der Waals surface area contributed by atoms with E-state index in [-0.39, 0.29) is 0 Å². The molecular weight excluding hydrogens is 332 g/mol. The van der Waals surface area contributed by atoms with E-state index in [4.69, 9.17) is 0 Å². The van der Waals surface area contributed by atoms with Crippen LogP contribution in [-0.4, -0.2) is 16.8 Å². The van der Waals surface area contributed by atoms with Crippen LogP contribution in [0.3, 0.4) is 0 Å². The lowest BCUT2D eigenvalue weighted by Gasteiger charge is -2.20. The summed E-state index contributed by atoms with van der Waals surface area (Å²) in [4.78, 5) is 4.49. The molecule has 1 aromatic carbocycles. The van der Waals surface area contributed by atoms with Gasteiger partial charge in [-0.25, -0.2) is 4.98 Å². The number of fused-ring (bicyclic) bond motifs is 1. The maximum atomic E-state index is 4.49. The number of rotatable bonds is 4. The third-order valence-electron chi connectivity index (χ3n) is 3.58. The second-order valence-electron chi connectivity index (χ2n) is 4.91. The van der Waals surface area contributed by atoms with Crippen molar-refractivity contribution in [3.63, 3.8) is 0 Å². The number of halogens is 1. The van der Waals surface area contributed by atoms with E-state index in [1.54, 1.807) is 0 Å². The van der Waals surface area contributed by atoms with Crippen LogP contribution in [0.25, 0.3) is 0 Å². The topological polar surface area (TPSA) is 24.9 Å². The molecule has 104 valence electrons. The van der Waals surface area contributed by atoms with Gasteiger partial charge in [0.2, 0.25) is 0 Å². The first kappa shape index (κ1) is 14.1. The maximum absolute atomic E-state index is 4.49. The number of nitrogens with one attached hydrogen (secondary N) is 1.